The fourth-order valence-electron chi connectivity index (χ4n) is 1.48. The molecule has 0 aromatic heterocycles. The minimum atomic E-state index is -3.59. The van der Waals surface area contributed by atoms with Crippen LogP contribution in [0.4, 0.5) is 0 Å². The molecule has 1 aromatic rings. The topological polar surface area (TPSA) is 72.2 Å². The van der Waals surface area contributed by atoms with E-state index >= 15 is 0 Å². The van der Waals surface area contributed by atoms with E-state index in [9.17, 15) is 8.42 Å². The van der Waals surface area contributed by atoms with Crippen molar-refractivity contribution < 1.29 is 8.42 Å². The molecule has 3 N–H and O–H groups in total. The first-order valence-electron chi connectivity index (χ1n) is 5.67. The number of rotatable bonds is 5. The van der Waals surface area contributed by atoms with Gasteiger partial charge < -0.3 is 5.32 Å². The van der Waals surface area contributed by atoms with Crippen molar-refractivity contribution in [2.24, 2.45) is 11.1 Å². The summed E-state index contributed by atoms with van der Waals surface area (Å²) in [5.41, 5.74) is 1.05. The van der Waals surface area contributed by atoms with Gasteiger partial charge in [-0.15, -0.1) is 0 Å². The van der Waals surface area contributed by atoms with Gasteiger partial charge in [0.05, 0.1) is 4.90 Å². The molecular weight excluding hydrogens is 236 g/mol. The maximum atomic E-state index is 11.1. The monoisotopic (exact) mass is 256 g/mol. The Labute approximate surface area is 103 Å². The molecule has 5 heteroatoms. The lowest BCUT2D eigenvalue weighted by Crippen LogP contribution is -2.23. The molecule has 0 heterocycles. The van der Waals surface area contributed by atoms with E-state index in [1.54, 1.807) is 12.1 Å². The number of hydrogen-bond acceptors (Lipinski definition) is 3. The predicted octanol–water partition coefficient (Wildman–Crippen LogP) is 1.64. The first kappa shape index (κ1) is 14.2. The summed E-state index contributed by atoms with van der Waals surface area (Å²) in [5, 5.41) is 8.41. The van der Waals surface area contributed by atoms with Crippen molar-refractivity contribution in [3.05, 3.63) is 29.8 Å². The van der Waals surface area contributed by atoms with Crippen molar-refractivity contribution >= 4 is 10.0 Å². The molecule has 1 rings (SSSR count). The van der Waals surface area contributed by atoms with Crippen LogP contribution in [0.5, 0.6) is 0 Å². The Bertz CT molecular complexity index is 452. The maximum absolute atomic E-state index is 11.1. The summed E-state index contributed by atoms with van der Waals surface area (Å²) in [7, 11) is -3.59. The lowest BCUT2D eigenvalue weighted by molar-refractivity contribution is 0.496. The van der Waals surface area contributed by atoms with Gasteiger partial charge in [0.25, 0.3) is 0 Å². The van der Waals surface area contributed by atoms with Crippen molar-refractivity contribution in [3.8, 4) is 0 Å². The van der Waals surface area contributed by atoms with Gasteiger partial charge in [-0.25, -0.2) is 13.6 Å². The molecule has 0 aliphatic carbocycles. The molecule has 0 aliphatic heterocycles. The molecule has 0 spiro atoms. The van der Waals surface area contributed by atoms with Gasteiger partial charge in [-0.05, 0) is 37.1 Å². The SMILES string of the molecule is CC(C)CNC(C)c1ccc(S(N)(=O)=O)cc1. The Morgan fingerprint density at radius 2 is 1.71 bits per heavy atom. The standard InChI is InChI=1S/C12H20N2O2S/c1-9(2)8-14-10(3)11-4-6-12(7-5-11)17(13,15)16/h4-7,9-10,14H,8H2,1-3H3,(H2,13,15,16). The Morgan fingerprint density at radius 1 is 1.18 bits per heavy atom. The molecule has 4 nitrogen and oxygen atoms in total. The Balaban J connectivity index is 2.74. The minimum Gasteiger partial charge on any atom is -0.310 e. The van der Waals surface area contributed by atoms with Crippen LogP contribution in [0.15, 0.2) is 29.2 Å². The summed E-state index contributed by atoms with van der Waals surface area (Å²) in [6.45, 7) is 7.26. The molecule has 0 fully saturated rings. The second-order valence-electron chi connectivity index (χ2n) is 4.64. The summed E-state index contributed by atoms with van der Waals surface area (Å²) in [5.74, 6) is 0.584. The van der Waals surface area contributed by atoms with Crippen molar-refractivity contribution in [1.82, 2.24) is 5.32 Å². The highest BCUT2D eigenvalue weighted by molar-refractivity contribution is 7.89. The van der Waals surface area contributed by atoms with Gasteiger partial charge in [-0.3, -0.25) is 0 Å². The van der Waals surface area contributed by atoms with E-state index in [4.69, 9.17) is 5.14 Å². The molecule has 1 aromatic carbocycles. The van der Waals surface area contributed by atoms with Crippen molar-refractivity contribution in [1.29, 1.82) is 0 Å². The highest BCUT2D eigenvalue weighted by Crippen LogP contribution is 2.15. The highest BCUT2D eigenvalue weighted by Gasteiger charge is 2.09. The van der Waals surface area contributed by atoms with E-state index in [0.29, 0.717) is 5.92 Å². The molecule has 1 unspecified atom stereocenters. The molecular formula is C12H20N2O2S. The summed E-state index contributed by atoms with van der Waals surface area (Å²) < 4.78 is 22.2. The van der Waals surface area contributed by atoms with E-state index in [2.05, 4.69) is 19.2 Å². The molecule has 96 valence electrons. The number of primary sulfonamides is 1. The Kier molecular flexibility index (Phi) is 4.68. The fourth-order valence-corrected chi connectivity index (χ4v) is 1.99. The zero-order chi connectivity index (χ0) is 13.1. The second-order valence-corrected chi connectivity index (χ2v) is 6.20. The minimum absolute atomic E-state index is 0.150. The molecule has 1 atom stereocenters. The van der Waals surface area contributed by atoms with Crippen molar-refractivity contribution in [2.45, 2.75) is 31.7 Å². The van der Waals surface area contributed by atoms with Crippen LogP contribution in [0.25, 0.3) is 0 Å². The van der Waals surface area contributed by atoms with E-state index in [1.165, 1.54) is 12.1 Å². The Morgan fingerprint density at radius 3 is 2.12 bits per heavy atom. The van der Waals surface area contributed by atoms with Crippen LogP contribution in [0.2, 0.25) is 0 Å². The normalized spacial score (nSPS) is 13.9. The third kappa shape index (κ3) is 4.46. The van der Waals surface area contributed by atoms with Crippen LogP contribution in [-0.4, -0.2) is 15.0 Å². The summed E-state index contributed by atoms with van der Waals surface area (Å²) in [4.78, 5) is 0.150. The van der Waals surface area contributed by atoms with Crippen molar-refractivity contribution in [2.75, 3.05) is 6.54 Å². The van der Waals surface area contributed by atoms with Crippen LogP contribution in [-0.2, 0) is 10.0 Å². The molecule has 0 radical (unpaired) electrons. The summed E-state index contributed by atoms with van der Waals surface area (Å²) in [6.07, 6.45) is 0. The van der Waals surface area contributed by atoms with Gasteiger partial charge in [0, 0.05) is 6.04 Å². The zero-order valence-corrected chi connectivity index (χ0v) is 11.3. The van der Waals surface area contributed by atoms with Crippen LogP contribution in [0, 0.1) is 5.92 Å². The van der Waals surface area contributed by atoms with Gasteiger partial charge in [-0.2, -0.15) is 0 Å². The summed E-state index contributed by atoms with van der Waals surface area (Å²) >= 11 is 0. The maximum Gasteiger partial charge on any atom is 0.238 e. The van der Waals surface area contributed by atoms with E-state index < -0.39 is 10.0 Å². The zero-order valence-electron chi connectivity index (χ0n) is 10.5. The molecule has 0 aliphatic rings. The molecule has 0 saturated heterocycles. The third-order valence-electron chi connectivity index (χ3n) is 2.54. The van der Waals surface area contributed by atoms with Crippen LogP contribution in [0.1, 0.15) is 32.4 Å². The molecule has 17 heavy (non-hydrogen) atoms. The third-order valence-corrected chi connectivity index (χ3v) is 3.47. The fraction of sp³-hybridized carbons (Fsp3) is 0.500. The average Bonchev–Trinajstić information content (AvgIpc) is 2.25. The van der Waals surface area contributed by atoms with Crippen LogP contribution in [0.3, 0.4) is 0 Å². The lowest BCUT2D eigenvalue weighted by Gasteiger charge is -2.16. The van der Waals surface area contributed by atoms with Crippen LogP contribution < -0.4 is 10.5 Å². The van der Waals surface area contributed by atoms with Gasteiger partial charge in [-0.1, -0.05) is 26.0 Å². The summed E-state index contributed by atoms with van der Waals surface area (Å²) in [6, 6.07) is 6.86. The average molecular weight is 256 g/mol. The first-order valence-corrected chi connectivity index (χ1v) is 7.21. The number of hydrogen-bond donors (Lipinski definition) is 2. The van der Waals surface area contributed by atoms with Crippen LogP contribution >= 0.6 is 0 Å². The molecule has 0 saturated carbocycles. The van der Waals surface area contributed by atoms with Gasteiger partial charge in [0.2, 0.25) is 10.0 Å². The highest BCUT2D eigenvalue weighted by atomic mass is 32.2. The number of nitrogens with two attached hydrogens (primary N) is 1. The number of nitrogens with one attached hydrogen (secondary N) is 1. The quantitative estimate of drug-likeness (QED) is 0.841. The van der Waals surface area contributed by atoms with E-state index in [-0.39, 0.29) is 10.9 Å². The van der Waals surface area contributed by atoms with E-state index in [0.717, 1.165) is 12.1 Å². The van der Waals surface area contributed by atoms with Crippen molar-refractivity contribution in [3.63, 3.8) is 0 Å². The van der Waals surface area contributed by atoms with E-state index in [1.807, 2.05) is 6.92 Å². The number of benzene rings is 1. The smallest absolute Gasteiger partial charge is 0.238 e. The Hall–Kier alpha value is -0.910. The van der Waals surface area contributed by atoms with Gasteiger partial charge in [0.15, 0.2) is 0 Å². The molecule has 0 amide bonds. The van der Waals surface area contributed by atoms with Gasteiger partial charge in [0.1, 0.15) is 0 Å². The second kappa shape index (κ2) is 5.62. The lowest BCUT2D eigenvalue weighted by atomic mass is 10.1. The predicted molar refractivity (Wildman–Crippen MR) is 69.1 cm³/mol. The largest absolute Gasteiger partial charge is 0.310 e. The first-order chi connectivity index (χ1) is 7.80. The van der Waals surface area contributed by atoms with Gasteiger partial charge >= 0.3 is 0 Å². The molecule has 0 bridgehead atoms. The number of sulfonamides is 1.